The van der Waals surface area contributed by atoms with Gasteiger partial charge in [0.25, 0.3) is 0 Å². The number of rotatable bonds is 2. The highest BCUT2D eigenvalue weighted by molar-refractivity contribution is 5.42. The van der Waals surface area contributed by atoms with E-state index in [-0.39, 0.29) is 5.60 Å². The molecule has 3 heteroatoms. The third-order valence-electron chi connectivity index (χ3n) is 4.23. The number of hydrogen-bond acceptors (Lipinski definition) is 3. The van der Waals surface area contributed by atoms with Crippen molar-refractivity contribution in [3.63, 3.8) is 0 Å². The predicted octanol–water partition coefficient (Wildman–Crippen LogP) is 3.00. The van der Waals surface area contributed by atoms with Gasteiger partial charge in [-0.3, -0.25) is 0 Å². The van der Waals surface area contributed by atoms with E-state index < -0.39 is 11.7 Å². The lowest BCUT2D eigenvalue weighted by Crippen LogP contribution is -2.31. The van der Waals surface area contributed by atoms with Gasteiger partial charge in [-0.2, -0.15) is 0 Å². The second kappa shape index (κ2) is 4.22. The molecule has 3 nitrogen and oxygen atoms in total. The van der Waals surface area contributed by atoms with Gasteiger partial charge >= 0.3 is 0 Å². The average Bonchev–Trinajstić information content (AvgIpc) is 2.90. The fourth-order valence-corrected chi connectivity index (χ4v) is 3.17. The van der Waals surface area contributed by atoms with Crippen molar-refractivity contribution in [1.82, 2.24) is 0 Å². The van der Waals surface area contributed by atoms with Gasteiger partial charge in [0.2, 0.25) is 0 Å². The van der Waals surface area contributed by atoms with Crippen molar-refractivity contribution in [2.45, 2.75) is 57.3 Å². The molecule has 0 aliphatic carbocycles. The molecule has 0 saturated carbocycles. The summed E-state index contributed by atoms with van der Waals surface area (Å²) in [5.74, 6) is 0.943. The van der Waals surface area contributed by atoms with Gasteiger partial charge in [-0.1, -0.05) is 6.07 Å². The highest BCUT2D eigenvalue weighted by Gasteiger charge is 2.39. The first kappa shape index (κ1) is 12.9. The lowest BCUT2D eigenvalue weighted by atomic mass is 9.89. The van der Waals surface area contributed by atoms with Gasteiger partial charge in [0.15, 0.2) is 0 Å². The Labute approximate surface area is 114 Å². The summed E-state index contributed by atoms with van der Waals surface area (Å²) >= 11 is 0. The van der Waals surface area contributed by atoms with E-state index in [1.165, 1.54) is 5.56 Å². The van der Waals surface area contributed by atoms with Crippen LogP contribution in [0.2, 0.25) is 0 Å². The molecule has 19 heavy (non-hydrogen) atoms. The van der Waals surface area contributed by atoms with E-state index in [0.29, 0.717) is 0 Å². The van der Waals surface area contributed by atoms with Crippen LogP contribution in [-0.2, 0) is 11.2 Å². The average molecular weight is 262 g/mol. The molecule has 2 unspecified atom stereocenters. The van der Waals surface area contributed by atoms with Gasteiger partial charge in [-0.25, -0.2) is 0 Å². The Morgan fingerprint density at radius 3 is 2.74 bits per heavy atom. The van der Waals surface area contributed by atoms with E-state index >= 15 is 0 Å². The molecule has 2 aliphatic rings. The molecule has 1 fully saturated rings. The van der Waals surface area contributed by atoms with Crippen molar-refractivity contribution in [3.05, 3.63) is 29.3 Å². The van der Waals surface area contributed by atoms with E-state index in [4.69, 9.17) is 9.47 Å². The molecular formula is C16H22O3. The summed E-state index contributed by atoms with van der Waals surface area (Å²) in [6, 6.07) is 6.00. The molecule has 0 radical (unpaired) electrons. The van der Waals surface area contributed by atoms with Crippen molar-refractivity contribution in [3.8, 4) is 5.75 Å². The van der Waals surface area contributed by atoms with E-state index in [2.05, 4.69) is 19.9 Å². The van der Waals surface area contributed by atoms with E-state index in [1.54, 1.807) is 0 Å². The number of benzene rings is 1. The molecule has 1 N–H and O–H groups in total. The molecule has 2 atom stereocenters. The molecule has 0 aromatic heterocycles. The van der Waals surface area contributed by atoms with Crippen LogP contribution in [0.15, 0.2) is 18.2 Å². The number of fused-ring (bicyclic) bond motifs is 1. The lowest BCUT2D eigenvalue weighted by Gasteiger charge is -2.29. The molecule has 0 bridgehead atoms. The summed E-state index contributed by atoms with van der Waals surface area (Å²) in [4.78, 5) is 0. The third kappa shape index (κ3) is 2.26. The highest BCUT2D eigenvalue weighted by atomic mass is 16.5. The van der Waals surface area contributed by atoms with Crippen molar-refractivity contribution in [1.29, 1.82) is 0 Å². The van der Waals surface area contributed by atoms with Gasteiger partial charge in [0.05, 0.1) is 5.60 Å². The fourth-order valence-electron chi connectivity index (χ4n) is 3.17. The van der Waals surface area contributed by atoms with Gasteiger partial charge in [0.1, 0.15) is 17.5 Å². The molecule has 1 aromatic carbocycles. The molecule has 1 aromatic rings. The minimum Gasteiger partial charge on any atom is -0.487 e. The largest absolute Gasteiger partial charge is 0.487 e. The maximum atomic E-state index is 10.6. The van der Waals surface area contributed by atoms with Crippen LogP contribution in [0.4, 0.5) is 0 Å². The van der Waals surface area contributed by atoms with Crippen LogP contribution >= 0.6 is 0 Å². The first-order valence-electron chi connectivity index (χ1n) is 7.04. The number of aliphatic hydroxyl groups is 1. The Balaban J connectivity index is 1.88. The summed E-state index contributed by atoms with van der Waals surface area (Å²) in [7, 11) is 0. The van der Waals surface area contributed by atoms with Crippen molar-refractivity contribution in [2.24, 2.45) is 0 Å². The van der Waals surface area contributed by atoms with Crippen LogP contribution in [0.25, 0.3) is 0 Å². The topological polar surface area (TPSA) is 38.7 Å². The number of ether oxygens (including phenoxy) is 2. The molecule has 3 rings (SSSR count). The van der Waals surface area contributed by atoms with Crippen LogP contribution < -0.4 is 4.74 Å². The van der Waals surface area contributed by atoms with Crippen LogP contribution in [0.5, 0.6) is 5.75 Å². The summed E-state index contributed by atoms with van der Waals surface area (Å²) in [6.45, 7) is 6.92. The predicted molar refractivity (Wildman–Crippen MR) is 73.4 cm³/mol. The SMILES string of the molecule is CC1(C)Cc2cc(C(O)C3(C)CCCO3)ccc2O1. The Morgan fingerprint density at radius 2 is 2.05 bits per heavy atom. The highest BCUT2D eigenvalue weighted by Crippen LogP contribution is 2.41. The Hall–Kier alpha value is -1.06. The molecular weight excluding hydrogens is 240 g/mol. The fraction of sp³-hybridized carbons (Fsp3) is 0.625. The normalized spacial score (nSPS) is 29.9. The monoisotopic (exact) mass is 262 g/mol. The van der Waals surface area contributed by atoms with Crippen molar-refractivity contribution in [2.75, 3.05) is 6.61 Å². The maximum Gasteiger partial charge on any atom is 0.123 e. The molecule has 1 saturated heterocycles. The standard InChI is InChI=1S/C16H22O3/c1-15(2)10-12-9-11(5-6-13(12)19-15)14(17)16(3)7-4-8-18-16/h5-6,9,14,17H,4,7-8,10H2,1-3H3. The zero-order valence-electron chi connectivity index (χ0n) is 11.9. The zero-order valence-corrected chi connectivity index (χ0v) is 11.9. The van der Waals surface area contributed by atoms with E-state index in [1.807, 2.05) is 19.1 Å². The van der Waals surface area contributed by atoms with Gasteiger partial charge in [0, 0.05) is 13.0 Å². The maximum absolute atomic E-state index is 10.6. The number of aliphatic hydroxyl groups excluding tert-OH is 1. The summed E-state index contributed by atoms with van der Waals surface area (Å²) in [5.41, 5.74) is 1.54. The minimum atomic E-state index is -0.566. The first-order valence-corrected chi connectivity index (χ1v) is 7.04. The molecule has 2 aliphatic heterocycles. The van der Waals surface area contributed by atoms with E-state index in [0.717, 1.165) is 37.2 Å². The minimum absolute atomic E-state index is 0.139. The Morgan fingerprint density at radius 1 is 1.26 bits per heavy atom. The first-order chi connectivity index (χ1) is 8.90. The molecule has 2 heterocycles. The summed E-state index contributed by atoms with van der Waals surface area (Å²) in [6.07, 6.45) is 2.26. The second-order valence-electron chi connectivity index (χ2n) is 6.57. The third-order valence-corrected chi connectivity index (χ3v) is 4.23. The second-order valence-corrected chi connectivity index (χ2v) is 6.57. The van der Waals surface area contributed by atoms with Crippen molar-refractivity contribution >= 4 is 0 Å². The summed E-state index contributed by atoms with van der Waals surface area (Å²) in [5, 5.41) is 10.6. The lowest BCUT2D eigenvalue weighted by molar-refractivity contribution is -0.0796. The molecule has 104 valence electrons. The number of hydrogen-bond donors (Lipinski definition) is 1. The van der Waals surface area contributed by atoms with Crippen LogP contribution in [0, 0.1) is 0 Å². The van der Waals surface area contributed by atoms with Crippen molar-refractivity contribution < 1.29 is 14.6 Å². The van der Waals surface area contributed by atoms with Crippen LogP contribution in [0.3, 0.4) is 0 Å². The molecule has 0 spiro atoms. The zero-order chi connectivity index (χ0) is 13.7. The van der Waals surface area contributed by atoms with Crippen LogP contribution in [0.1, 0.15) is 50.8 Å². The van der Waals surface area contributed by atoms with Crippen LogP contribution in [-0.4, -0.2) is 22.9 Å². The molecule has 0 amide bonds. The van der Waals surface area contributed by atoms with Gasteiger partial charge < -0.3 is 14.6 Å². The quantitative estimate of drug-likeness (QED) is 0.890. The Bertz CT molecular complexity index is 487. The van der Waals surface area contributed by atoms with E-state index in [9.17, 15) is 5.11 Å². The van der Waals surface area contributed by atoms with Gasteiger partial charge in [-0.15, -0.1) is 0 Å². The Kier molecular flexibility index (Phi) is 2.88. The smallest absolute Gasteiger partial charge is 0.123 e. The summed E-state index contributed by atoms with van der Waals surface area (Å²) < 4.78 is 11.6. The van der Waals surface area contributed by atoms with Gasteiger partial charge in [-0.05, 0) is 56.9 Å².